The molecule has 0 spiro atoms. The first-order valence-electron chi connectivity index (χ1n) is 7.83. The van der Waals surface area contributed by atoms with E-state index in [0.29, 0.717) is 17.8 Å². The molecular formula is C16H24N2O3S2. The number of carbonyl (C=O) groups excluding carboxylic acids is 1. The molecule has 5 nitrogen and oxygen atoms in total. The van der Waals surface area contributed by atoms with Crippen LogP contribution in [0.3, 0.4) is 0 Å². The van der Waals surface area contributed by atoms with Crippen molar-refractivity contribution < 1.29 is 13.2 Å². The van der Waals surface area contributed by atoms with E-state index in [-0.39, 0.29) is 5.91 Å². The van der Waals surface area contributed by atoms with Crippen LogP contribution in [0.4, 0.5) is 5.69 Å². The van der Waals surface area contributed by atoms with Crippen molar-refractivity contribution in [3.8, 4) is 0 Å². The number of benzene rings is 1. The summed E-state index contributed by atoms with van der Waals surface area (Å²) in [5.74, 6) is 0.741. The summed E-state index contributed by atoms with van der Waals surface area (Å²) in [5.41, 5.74) is 1.69. The van der Waals surface area contributed by atoms with Gasteiger partial charge in [0.05, 0.1) is 11.9 Å². The van der Waals surface area contributed by atoms with Gasteiger partial charge in [-0.25, -0.2) is 8.42 Å². The average Bonchev–Trinajstić information content (AvgIpc) is 2.97. The van der Waals surface area contributed by atoms with Gasteiger partial charge in [-0.15, -0.1) is 0 Å². The molecule has 128 valence electrons. The zero-order valence-electron chi connectivity index (χ0n) is 13.6. The summed E-state index contributed by atoms with van der Waals surface area (Å²) in [6, 6.07) is 5.04. The van der Waals surface area contributed by atoms with E-state index < -0.39 is 10.0 Å². The van der Waals surface area contributed by atoms with Gasteiger partial charge in [0.15, 0.2) is 0 Å². The van der Waals surface area contributed by atoms with Gasteiger partial charge in [0.2, 0.25) is 10.0 Å². The monoisotopic (exact) mass is 356 g/mol. The minimum Gasteiger partial charge on any atom is -0.351 e. The van der Waals surface area contributed by atoms with Crippen LogP contribution in [0.15, 0.2) is 18.2 Å². The Labute approximate surface area is 142 Å². The highest BCUT2D eigenvalue weighted by Gasteiger charge is 2.15. The molecule has 1 aromatic carbocycles. The SMILES string of the molecule is Cc1ccc(C(=O)NCCSC2CCCC2)cc1NS(C)(=O)=O. The maximum atomic E-state index is 12.2. The third kappa shape index (κ3) is 6.06. The molecule has 7 heteroatoms. The van der Waals surface area contributed by atoms with Crippen LogP contribution in [-0.4, -0.2) is 38.1 Å². The van der Waals surface area contributed by atoms with Gasteiger partial charge in [0.1, 0.15) is 0 Å². The van der Waals surface area contributed by atoms with Gasteiger partial charge in [-0.1, -0.05) is 18.9 Å². The lowest BCUT2D eigenvalue weighted by Crippen LogP contribution is -2.26. The summed E-state index contributed by atoms with van der Waals surface area (Å²) in [6.07, 6.45) is 6.32. The predicted octanol–water partition coefficient (Wildman–Crippen LogP) is 2.77. The van der Waals surface area contributed by atoms with E-state index in [9.17, 15) is 13.2 Å². The summed E-state index contributed by atoms with van der Waals surface area (Å²) < 4.78 is 25.1. The largest absolute Gasteiger partial charge is 0.351 e. The average molecular weight is 357 g/mol. The molecule has 1 amide bonds. The van der Waals surface area contributed by atoms with Gasteiger partial charge in [-0.2, -0.15) is 11.8 Å². The molecule has 2 rings (SSSR count). The molecule has 0 heterocycles. The second-order valence-corrected chi connectivity index (χ2v) is 9.09. The second-order valence-electron chi connectivity index (χ2n) is 5.94. The van der Waals surface area contributed by atoms with Crippen molar-refractivity contribution in [1.29, 1.82) is 0 Å². The Morgan fingerprint density at radius 2 is 2.00 bits per heavy atom. The summed E-state index contributed by atoms with van der Waals surface area (Å²) >= 11 is 1.93. The van der Waals surface area contributed by atoms with Gasteiger partial charge in [0.25, 0.3) is 5.91 Å². The first-order valence-corrected chi connectivity index (χ1v) is 10.8. The van der Waals surface area contributed by atoms with Crippen molar-refractivity contribution in [2.75, 3.05) is 23.3 Å². The smallest absolute Gasteiger partial charge is 0.251 e. The van der Waals surface area contributed by atoms with Crippen LogP contribution in [-0.2, 0) is 10.0 Å². The highest BCUT2D eigenvalue weighted by molar-refractivity contribution is 7.99. The standard InChI is InChI=1S/C16H24N2O3S2/c1-12-7-8-13(11-15(12)18-23(2,20)21)16(19)17-9-10-22-14-5-3-4-6-14/h7-8,11,14,18H,3-6,9-10H2,1-2H3,(H,17,19). The van der Waals surface area contributed by atoms with Crippen LogP contribution in [0, 0.1) is 6.92 Å². The van der Waals surface area contributed by atoms with Crippen LogP contribution < -0.4 is 10.0 Å². The zero-order valence-corrected chi connectivity index (χ0v) is 15.2. The van der Waals surface area contributed by atoms with Crippen LogP contribution >= 0.6 is 11.8 Å². The molecule has 2 N–H and O–H groups in total. The Morgan fingerprint density at radius 1 is 1.30 bits per heavy atom. The summed E-state index contributed by atoms with van der Waals surface area (Å²) in [7, 11) is -3.36. The van der Waals surface area contributed by atoms with Crippen molar-refractivity contribution in [2.24, 2.45) is 0 Å². The molecule has 23 heavy (non-hydrogen) atoms. The molecule has 0 bridgehead atoms. The highest BCUT2D eigenvalue weighted by Crippen LogP contribution is 2.28. The predicted molar refractivity (Wildman–Crippen MR) is 96.7 cm³/mol. The van der Waals surface area contributed by atoms with Crippen molar-refractivity contribution in [2.45, 2.75) is 37.9 Å². The number of rotatable bonds is 7. The van der Waals surface area contributed by atoms with E-state index in [2.05, 4.69) is 10.0 Å². The highest BCUT2D eigenvalue weighted by atomic mass is 32.2. The molecule has 1 saturated carbocycles. The molecule has 1 aliphatic rings. The maximum absolute atomic E-state index is 12.2. The lowest BCUT2D eigenvalue weighted by atomic mass is 10.1. The lowest BCUT2D eigenvalue weighted by Gasteiger charge is -2.11. The van der Waals surface area contributed by atoms with Crippen molar-refractivity contribution in [3.63, 3.8) is 0 Å². The van der Waals surface area contributed by atoms with Gasteiger partial charge in [0, 0.05) is 23.1 Å². The number of nitrogens with one attached hydrogen (secondary N) is 2. The maximum Gasteiger partial charge on any atom is 0.251 e. The minimum atomic E-state index is -3.36. The zero-order chi connectivity index (χ0) is 16.9. The first-order chi connectivity index (χ1) is 10.8. The molecule has 1 aliphatic carbocycles. The van der Waals surface area contributed by atoms with E-state index in [1.165, 1.54) is 25.7 Å². The fraction of sp³-hybridized carbons (Fsp3) is 0.562. The molecular weight excluding hydrogens is 332 g/mol. The molecule has 0 aromatic heterocycles. The fourth-order valence-electron chi connectivity index (χ4n) is 2.62. The lowest BCUT2D eigenvalue weighted by molar-refractivity contribution is 0.0956. The van der Waals surface area contributed by atoms with Gasteiger partial charge < -0.3 is 5.32 Å². The number of sulfonamides is 1. The van der Waals surface area contributed by atoms with Crippen molar-refractivity contribution in [3.05, 3.63) is 29.3 Å². The van der Waals surface area contributed by atoms with Crippen molar-refractivity contribution in [1.82, 2.24) is 5.32 Å². The Hall–Kier alpha value is -1.21. The summed E-state index contributed by atoms with van der Waals surface area (Å²) in [5, 5.41) is 3.64. The van der Waals surface area contributed by atoms with Crippen LogP contribution in [0.1, 0.15) is 41.6 Å². The minimum absolute atomic E-state index is 0.173. The van der Waals surface area contributed by atoms with Gasteiger partial charge in [-0.05, 0) is 37.5 Å². The Bertz CT molecular complexity index is 653. The Morgan fingerprint density at radius 3 is 2.65 bits per heavy atom. The van der Waals surface area contributed by atoms with E-state index >= 15 is 0 Å². The van der Waals surface area contributed by atoms with Crippen LogP contribution in [0.2, 0.25) is 0 Å². The van der Waals surface area contributed by atoms with Gasteiger partial charge >= 0.3 is 0 Å². The molecule has 0 radical (unpaired) electrons. The third-order valence-electron chi connectivity index (χ3n) is 3.84. The number of hydrogen-bond donors (Lipinski definition) is 2. The van der Waals surface area contributed by atoms with Crippen LogP contribution in [0.5, 0.6) is 0 Å². The molecule has 1 aromatic rings. The molecule has 0 saturated heterocycles. The number of amides is 1. The topological polar surface area (TPSA) is 75.3 Å². The second kappa shape index (κ2) is 8.06. The number of anilines is 1. The van der Waals surface area contributed by atoms with Gasteiger partial charge in [-0.3, -0.25) is 9.52 Å². The van der Waals surface area contributed by atoms with E-state index in [4.69, 9.17) is 0 Å². The molecule has 0 aliphatic heterocycles. The Balaban J connectivity index is 1.87. The molecule has 0 unspecified atom stereocenters. The quantitative estimate of drug-likeness (QED) is 0.737. The molecule has 1 fully saturated rings. The molecule has 0 atom stereocenters. The number of hydrogen-bond acceptors (Lipinski definition) is 4. The number of thioether (sulfide) groups is 1. The third-order valence-corrected chi connectivity index (χ3v) is 5.81. The van der Waals surface area contributed by atoms with E-state index in [1.807, 2.05) is 11.8 Å². The summed E-state index contributed by atoms with van der Waals surface area (Å²) in [4.78, 5) is 12.2. The summed E-state index contributed by atoms with van der Waals surface area (Å²) in [6.45, 7) is 2.43. The van der Waals surface area contributed by atoms with Crippen LogP contribution in [0.25, 0.3) is 0 Å². The normalized spacial score (nSPS) is 15.6. The number of carbonyl (C=O) groups is 1. The van der Waals surface area contributed by atoms with Crippen molar-refractivity contribution >= 4 is 33.4 Å². The fourth-order valence-corrected chi connectivity index (χ4v) is 4.46. The Kier molecular flexibility index (Phi) is 6.35. The first kappa shape index (κ1) is 18.1. The van der Waals surface area contributed by atoms with E-state index in [0.717, 1.165) is 22.8 Å². The van der Waals surface area contributed by atoms with E-state index in [1.54, 1.807) is 25.1 Å². The number of aryl methyl sites for hydroxylation is 1.